The summed E-state index contributed by atoms with van der Waals surface area (Å²) in [6.45, 7) is 7.19. The van der Waals surface area contributed by atoms with Crippen molar-refractivity contribution < 1.29 is 43.4 Å². The predicted octanol–water partition coefficient (Wildman–Crippen LogP) is -1.50. The number of nitrogens with zero attached hydrogens (tertiary/aromatic N) is 1. The predicted molar refractivity (Wildman–Crippen MR) is 208 cm³/mol. The lowest BCUT2D eigenvalue weighted by atomic mass is 9.96. The maximum Gasteiger partial charge on any atom is 0.258 e. The second-order valence-electron chi connectivity index (χ2n) is 15.3. The van der Waals surface area contributed by atoms with Gasteiger partial charge < -0.3 is 52.9 Å². The number of primary amides is 2. The van der Waals surface area contributed by atoms with Crippen molar-refractivity contribution in [3.8, 4) is 5.75 Å². The molecule has 1 aromatic carbocycles. The van der Waals surface area contributed by atoms with Gasteiger partial charge in [-0.05, 0) is 67.0 Å². The minimum absolute atomic E-state index is 0.0564. The molecule has 2 aromatic rings. The van der Waals surface area contributed by atoms with Gasteiger partial charge in [0.05, 0.1) is 24.6 Å². The molecule has 1 aromatic heterocycles. The van der Waals surface area contributed by atoms with Crippen LogP contribution in [0.15, 0.2) is 42.7 Å². The van der Waals surface area contributed by atoms with Gasteiger partial charge >= 0.3 is 0 Å². The molecule has 0 aliphatic carbocycles. The standard InChI is InChI=1S/C39H57N9O9/c1-5-22(4)34(39(56)46-33(21(2)3)35(41)52)47-38(55)29-7-6-14-48(29)19-30(49)26-15-23-8-10-25(11-9-23)57-20-32(51)43-27(16-24-12-13-42-18-24)36(53)45-28(17-31(40)50)37(54)44-26/h8-13,18,21-22,26-30,33-34,42,49H,5-7,14-17,19-20H2,1-4H3,(H2,40,50)(H2,41,52)(H,43,51)(H,44,54)(H,45,53)(H,46,56)(H,47,55)/t22?,26?,27-,28+,29-,30?,33-,34+/m0/s1. The minimum atomic E-state index is -1.46. The number of nitrogens with two attached hydrogens (primary N) is 2. The van der Waals surface area contributed by atoms with Crippen molar-refractivity contribution >= 4 is 41.4 Å². The number of aliphatic hydroxyl groups is 1. The van der Waals surface area contributed by atoms with E-state index >= 15 is 0 Å². The summed E-state index contributed by atoms with van der Waals surface area (Å²) in [7, 11) is 0. The van der Waals surface area contributed by atoms with E-state index in [1.165, 1.54) is 0 Å². The Morgan fingerprint density at radius 3 is 2.26 bits per heavy atom. The number of amides is 7. The number of aliphatic hydroxyl groups excluding tert-OH is 1. The van der Waals surface area contributed by atoms with Crippen molar-refractivity contribution in [3.63, 3.8) is 0 Å². The number of fused-ring (bicyclic) bond motifs is 13. The van der Waals surface area contributed by atoms with E-state index < -0.39 is 96.7 Å². The molecule has 5 rings (SSSR count). The lowest BCUT2D eigenvalue weighted by Crippen LogP contribution is -2.60. The van der Waals surface area contributed by atoms with E-state index in [4.69, 9.17) is 16.2 Å². The van der Waals surface area contributed by atoms with Gasteiger partial charge in [-0.2, -0.15) is 0 Å². The van der Waals surface area contributed by atoms with E-state index in [1.54, 1.807) is 61.5 Å². The molecule has 3 unspecified atom stereocenters. The topological polar surface area (TPSA) is 280 Å². The molecule has 0 radical (unpaired) electrons. The fourth-order valence-electron chi connectivity index (χ4n) is 7.01. The third-order valence-electron chi connectivity index (χ3n) is 10.5. The van der Waals surface area contributed by atoms with E-state index in [-0.39, 0.29) is 31.2 Å². The zero-order chi connectivity index (χ0) is 41.8. The SMILES string of the molecule is CCC(C)[C@@H](NC(=O)[C@@H]1CCCN1CC(O)C1Cc2ccc(cc2)OCC(=O)N[C@@H](Cc2cc[nH]c2)C(=O)N[C@H](CC(N)=O)C(=O)N1)C(=O)N[C@H](C(N)=O)C(C)C. The smallest absolute Gasteiger partial charge is 0.258 e. The number of nitrogens with one attached hydrogen (secondary N) is 6. The van der Waals surface area contributed by atoms with Crippen molar-refractivity contribution in [3.05, 3.63) is 53.9 Å². The Morgan fingerprint density at radius 2 is 1.65 bits per heavy atom. The number of carbonyl (C=O) groups excluding carboxylic acids is 7. The lowest BCUT2D eigenvalue weighted by Gasteiger charge is -2.33. The van der Waals surface area contributed by atoms with Crippen molar-refractivity contribution in [2.75, 3.05) is 19.7 Å². The molecule has 0 spiro atoms. The summed E-state index contributed by atoms with van der Waals surface area (Å²) in [5.74, 6) is -4.81. The van der Waals surface area contributed by atoms with Crippen LogP contribution < -0.4 is 42.8 Å². The number of aromatic amines is 1. The number of benzene rings is 1. The lowest BCUT2D eigenvalue weighted by molar-refractivity contribution is -0.135. The van der Waals surface area contributed by atoms with Gasteiger partial charge in [0.25, 0.3) is 5.91 Å². The molecule has 57 heavy (non-hydrogen) atoms. The Bertz CT molecular complexity index is 1720. The van der Waals surface area contributed by atoms with Crippen molar-refractivity contribution in [2.45, 2.75) is 109 Å². The Kier molecular flexibility index (Phi) is 16.0. The average Bonchev–Trinajstić information content (AvgIpc) is 3.86. The van der Waals surface area contributed by atoms with Crippen LogP contribution in [0.25, 0.3) is 0 Å². The molecule has 0 saturated carbocycles. The number of ether oxygens (including phenoxy) is 1. The minimum Gasteiger partial charge on any atom is -0.484 e. The monoisotopic (exact) mass is 795 g/mol. The molecular formula is C39H57N9O9. The Labute approximate surface area is 331 Å². The maximum absolute atomic E-state index is 13.9. The van der Waals surface area contributed by atoms with Crippen LogP contribution in [-0.2, 0) is 46.4 Å². The molecule has 18 nitrogen and oxygen atoms in total. The molecule has 3 aliphatic rings. The van der Waals surface area contributed by atoms with Crippen LogP contribution in [0.3, 0.4) is 0 Å². The third-order valence-corrected chi connectivity index (χ3v) is 10.5. The molecular weight excluding hydrogens is 738 g/mol. The Balaban J connectivity index is 1.56. The molecule has 1 saturated heterocycles. The highest BCUT2D eigenvalue weighted by atomic mass is 16.5. The number of β-amino-alcohol motifs (C(OH)–C–C–N with tert-alkyl or cyclic N) is 1. The second-order valence-corrected chi connectivity index (χ2v) is 15.3. The molecule has 11 N–H and O–H groups in total. The van der Waals surface area contributed by atoms with Gasteiger partial charge in [-0.3, -0.25) is 38.5 Å². The number of rotatable bonds is 15. The van der Waals surface area contributed by atoms with Gasteiger partial charge in [0.15, 0.2) is 6.61 Å². The molecule has 4 heterocycles. The van der Waals surface area contributed by atoms with Crippen LogP contribution in [0.4, 0.5) is 0 Å². The van der Waals surface area contributed by atoms with Gasteiger partial charge in [0, 0.05) is 25.4 Å². The van der Waals surface area contributed by atoms with Crippen LogP contribution in [0.1, 0.15) is 64.5 Å². The molecule has 312 valence electrons. The second kappa shape index (κ2) is 20.6. The first kappa shape index (κ1) is 44.2. The van der Waals surface area contributed by atoms with E-state index in [2.05, 4.69) is 31.6 Å². The van der Waals surface area contributed by atoms with Crippen LogP contribution in [0.2, 0.25) is 0 Å². The molecule has 1 fully saturated rings. The van der Waals surface area contributed by atoms with Crippen molar-refractivity contribution in [1.82, 2.24) is 36.5 Å². The van der Waals surface area contributed by atoms with Crippen molar-refractivity contribution in [1.29, 1.82) is 0 Å². The molecule has 8 atom stereocenters. The number of carbonyl (C=O) groups is 7. The van der Waals surface area contributed by atoms with Crippen LogP contribution >= 0.6 is 0 Å². The largest absolute Gasteiger partial charge is 0.484 e. The molecule has 3 aliphatic heterocycles. The first-order chi connectivity index (χ1) is 27.1. The summed E-state index contributed by atoms with van der Waals surface area (Å²) in [6, 6.07) is 2.24. The van der Waals surface area contributed by atoms with E-state index in [9.17, 15) is 38.7 Å². The van der Waals surface area contributed by atoms with Crippen LogP contribution in [-0.4, -0.2) is 118 Å². The zero-order valence-electron chi connectivity index (χ0n) is 32.9. The highest BCUT2D eigenvalue weighted by Crippen LogP contribution is 2.21. The number of likely N-dealkylation sites (tertiary alicyclic amines) is 1. The molecule has 18 heteroatoms. The quantitative estimate of drug-likeness (QED) is 0.0942. The maximum atomic E-state index is 13.9. The van der Waals surface area contributed by atoms with Gasteiger partial charge in [0.2, 0.25) is 35.4 Å². The fraction of sp³-hybridized carbons (Fsp3) is 0.564. The summed E-state index contributed by atoms with van der Waals surface area (Å²) in [5.41, 5.74) is 12.4. The molecule has 2 bridgehead atoms. The zero-order valence-corrected chi connectivity index (χ0v) is 32.9. The van der Waals surface area contributed by atoms with Gasteiger partial charge in [-0.1, -0.05) is 46.2 Å². The van der Waals surface area contributed by atoms with Gasteiger partial charge in [-0.25, -0.2) is 0 Å². The van der Waals surface area contributed by atoms with E-state index in [0.29, 0.717) is 42.7 Å². The Hall–Kier alpha value is -5.49. The number of hydrogen-bond acceptors (Lipinski definition) is 10. The first-order valence-electron chi connectivity index (χ1n) is 19.4. The van der Waals surface area contributed by atoms with Gasteiger partial charge in [0.1, 0.15) is 29.9 Å². The summed E-state index contributed by atoms with van der Waals surface area (Å²) in [5, 5.41) is 25.3. The van der Waals surface area contributed by atoms with Crippen molar-refractivity contribution in [2.24, 2.45) is 23.3 Å². The summed E-state index contributed by atoms with van der Waals surface area (Å²) in [4.78, 5) is 96.4. The number of hydrogen-bond donors (Lipinski definition) is 9. The highest BCUT2D eigenvalue weighted by molar-refractivity contribution is 5.95. The number of aromatic nitrogens is 1. The van der Waals surface area contributed by atoms with Crippen LogP contribution in [0.5, 0.6) is 5.75 Å². The number of H-pyrrole nitrogens is 1. The first-order valence-corrected chi connectivity index (χ1v) is 19.4. The van der Waals surface area contributed by atoms with Crippen LogP contribution in [0, 0.1) is 11.8 Å². The Morgan fingerprint density at radius 1 is 0.947 bits per heavy atom. The van der Waals surface area contributed by atoms with E-state index in [0.717, 1.165) is 0 Å². The van der Waals surface area contributed by atoms with E-state index in [1.807, 2.05) is 13.8 Å². The highest BCUT2D eigenvalue weighted by Gasteiger charge is 2.38. The third kappa shape index (κ3) is 12.8. The average molecular weight is 796 g/mol. The molecule has 7 amide bonds. The summed E-state index contributed by atoms with van der Waals surface area (Å²) >= 11 is 0. The fourth-order valence-corrected chi connectivity index (χ4v) is 7.01. The normalized spacial score (nSPS) is 22.9. The summed E-state index contributed by atoms with van der Waals surface area (Å²) < 4.78 is 5.66. The van der Waals surface area contributed by atoms with Gasteiger partial charge in [-0.15, -0.1) is 0 Å². The summed E-state index contributed by atoms with van der Waals surface area (Å²) in [6.07, 6.45) is 3.24.